The average Bonchev–Trinajstić information content (AvgIpc) is 2.70. The monoisotopic (exact) mass is 367 g/mol. The van der Waals surface area contributed by atoms with Crippen molar-refractivity contribution in [3.8, 4) is 11.8 Å². The van der Waals surface area contributed by atoms with E-state index in [4.69, 9.17) is 14.7 Å². The van der Waals surface area contributed by atoms with Crippen LogP contribution in [0.25, 0.3) is 0 Å². The minimum absolute atomic E-state index is 0.236. The molecule has 2 aromatic rings. The molecule has 0 unspecified atom stereocenters. The summed E-state index contributed by atoms with van der Waals surface area (Å²) >= 11 is 0. The maximum atomic E-state index is 11.8. The molecule has 138 valence electrons. The first-order valence-corrected chi connectivity index (χ1v) is 7.93. The summed E-state index contributed by atoms with van der Waals surface area (Å²) in [5.74, 6) is -1.25. The third-order valence-electron chi connectivity index (χ3n) is 3.38. The Morgan fingerprint density at radius 3 is 2.41 bits per heavy atom. The average molecular weight is 367 g/mol. The van der Waals surface area contributed by atoms with Gasteiger partial charge in [-0.3, -0.25) is 9.59 Å². The van der Waals surface area contributed by atoms with Crippen molar-refractivity contribution >= 4 is 23.5 Å². The molecule has 0 fully saturated rings. The lowest BCUT2D eigenvalue weighted by Crippen LogP contribution is -2.24. The predicted molar refractivity (Wildman–Crippen MR) is 96.1 cm³/mol. The van der Waals surface area contributed by atoms with E-state index in [0.29, 0.717) is 16.8 Å². The van der Waals surface area contributed by atoms with Crippen LogP contribution in [0.15, 0.2) is 48.5 Å². The molecular weight excluding hydrogens is 350 g/mol. The van der Waals surface area contributed by atoms with Crippen LogP contribution >= 0.6 is 0 Å². The number of para-hydroxylation sites is 1. The summed E-state index contributed by atoms with van der Waals surface area (Å²) in [6.45, 7) is -0.911. The largest absolute Gasteiger partial charge is 0.481 e. The molecule has 0 aromatic heterocycles. The Kier molecular flexibility index (Phi) is 6.91. The molecule has 0 bridgehead atoms. The lowest BCUT2D eigenvalue weighted by atomic mass is 10.2. The molecule has 2 aromatic carbocycles. The lowest BCUT2D eigenvalue weighted by molar-refractivity contribution is -0.149. The number of carbonyl (C=O) groups excluding carboxylic acids is 3. The number of benzene rings is 2. The van der Waals surface area contributed by atoms with Crippen molar-refractivity contribution in [1.29, 1.82) is 5.26 Å². The summed E-state index contributed by atoms with van der Waals surface area (Å²) in [4.78, 5) is 34.9. The van der Waals surface area contributed by atoms with Gasteiger partial charge in [-0.1, -0.05) is 12.1 Å². The molecule has 2 rings (SSSR count). The van der Waals surface area contributed by atoms with E-state index in [1.165, 1.54) is 7.05 Å². The van der Waals surface area contributed by atoms with Gasteiger partial charge in [0.15, 0.2) is 13.2 Å². The normalized spacial score (nSPS) is 9.63. The molecule has 0 heterocycles. The van der Waals surface area contributed by atoms with E-state index in [2.05, 4.69) is 10.6 Å². The summed E-state index contributed by atoms with van der Waals surface area (Å²) < 4.78 is 10.0. The van der Waals surface area contributed by atoms with E-state index in [-0.39, 0.29) is 11.7 Å². The van der Waals surface area contributed by atoms with Gasteiger partial charge in [-0.05, 0) is 36.4 Å². The van der Waals surface area contributed by atoms with Crippen molar-refractivity contribution in [3.63, 3.8) is 0 Å². The Labute approximate surface area is 155 Å². The van der Waals surface area contributed by atoms with Gasteiger partial charge in [0.2, 0.25) is 0 Å². The van der Waals surface area contributed by atoms with Crippen molar-refractivity contribution < 1.29 is 23.9 Å². The van der Waals surface area contributed by atoms with Gasteiger partial charge in [-0.25, -0.2) is 4.79 Å². The molecule has 27 heavy (non-hydrogen) atoms. The molecule has 0 saturated carbocycles. The third kappa shape index (κ3) is 5.86. The number of carbonyl (C=O) groups is 3. The lowest BCUT2D eigenvalue weighted by Gasteiger charge is -2.09. The third-order valence-corrected chi connectivity index (χ3v) is 3.38. The van der Waals surface area contributed by atoms with Crippen molar-refractivity contribution in [2.24, 2.45) is 0 Å². The highest BCUT2D eigenvalue weighted by atomic mass is 16.6. The second kappa shape index (κ2) is 9.58. The first kappa shape index (κ1) is 19.5. The molecule has 8 nitrogen and oxygen atoms in total. The van der Waals surface area contributed by atoms with Crippen LogP contribution in [0, 0.1) is 11.3 Å². The minimum Gasteiger partial charge on any atom is -0.481 e. The van der Waals surface area contributed by atoms with Crippen molar-refractivity contribution in [2.75, 3.05) is 25.6 Å². The molecule has 8 heteroatoms. The number of ether oxygens (including phenoxy) is 2. The maximum absolute atomic E-state index is 11.8. The van der Waals surface area contributed by atoms with Gasteiger partial charge in [0, 0.05) is 18.3 Å². The van der Waals surface area contributed by atoms with Crippen LogP contribution in [0.4, 0.5) is 5.69 Å². The first-order chi connectivity index (χ1) is 13.0. The number of nitrogens with zero attached hydrogens (tertiary/aromatic N) is 1. The molecule has 0 aliphatic heterocycles. The van der Waals surface area contributed by atoms with Gasteiger partial charge in [-0.2, -0.15) is 5.26 Å². The Bertz CT molecular complexity index is 872. The summed E-state index contributed by atoms with van der Waals surface area (Å²) in [5, 5.41) is 14.0. The number of hydrogen-bond donors (Lipinski definition) is 2. The number of anilines is 1. The SMILES string of the molecule is CNC(=O)c1ccc(NC(=O)COC(=O)COc2ccccc2C#N)cc1. The van der Waals surface area contributed by atoms with Crippen molar-refractivity contribution in [3.05, 3.63) is 59.7 Å². The predicted octanol–water partition coefficient (Wildman–Crippen LogP) is 1.48. The Morgan fingerprint density at radius 2 is 1.74 bits per heavy atom. The smallest absolute Gasteiger partial charge is 0.344 e. The minimum atomic E-state index is -0.743. The highest BCUT2D eigenvalue weighted by molar-refractivity contribution is 5.96. The standard InChI is InChI=1S/C19H17N3O5/c1-21-19(25)13-6-8-15(9-7-13)22-17(23)11-27-18(24)12-26-16-5-3-2-4-14(16)10-20/h2-9H,11-12H2,1H3,(H,21,25)(H,22,23). The number of nitrogens with one attached hydrogen (secondary N) is 2. The van der Waals surface area contributed by atoms with E-state index < -0.39 is 25.1 Å². The van der Waals surface area contributed by atoms with Crippen molar-refractivity contribution in [2.45, 2.75) is 0 Å². The fourth-order valence-corrected chi connectivity index (χ4v) is 2.06. The molecule has 2 N–H and O–H groups in total. The quantitative estimate of drug-likeness (QED) is 0.716. The topological polar surface area (TPSA) is 118 Å². The highest BCUT2D eigenvalue weighted by Crippen LogP contribution is 2.16. The van der Waals surface area contributed by atoms with Crippen LogP contribution in [0.5, 0.6) is 5.75 Å². The van der Waals surface area contributed by atoms with Gasteiger partial charge >= 0.3 is 5.97 Å². The van der Waals surface area contributed by atoms with Crippen LogP contribution in [0.2, 0.25) is 0 Å². The fourth-order valence-electron chi connectivity index (χ4n) is 2.06. The number of amides is 2. The summed E-state index contributed by atoms with van der Waals surface area (Å²) in [6.07, 6.45) is 0. The number of rotatable bonds is 7. The highest BCUT2D eigenvalue weighted by Gasteiger charge is 2.11. The fraction of sp³-hybridized carbons (Fsp3) is 0.158. The van der Waals surface area contributed by atoms with E-state index in [1.54, 1.807) is 48.5 Å². The molecule has 0 spiro atoms. The Hall–Kier alpha value is -3.86. The Balaban J connectivity index is 1.77. The van der Waals surface area contributed by atoms with Gasteiger partial charge in [0.25, 0.3) is 11.8 Å². The van der Waals surface area contributed by atoms with Gasteiger partial charge in [-0.15, -0.1) is 0 Å². The molecule has 0 atom stereocenters. The molecule has 0 radical (unpaired) electrons. The maximum Gasteiger partial charge on any atom is 0.344 e. The molecule has 0 saturated heterocycles. The van der Waals surface area contributed by atoms with Gasteiger partial charge in [0.05, 0.1) is 5.56 Å². The Morgan fingerprint density at radius 1 is 1.04 bits per heavy atom. The number of esters is 1. The number of hydrogen-bond acceptors (Lipinski definition) is 6. The van der Waals surface area contributed by atoms with Crippen LogP contribution < -0.4 is 15.4 Å². The van der Waals surface area contributed by atoms with Crippen molar-refractivity contribution in [1.82, 2.24) is 5.32 Å². The second-order valence-corrected chi connectivity index (χ2v) is 5.26. The van der Waals surface area contributed by atoms with Crippen LogP contribution in [0.3, 0.4) is 0 Å². The van der Waals surface area contributed by atoms with E-state index in [9.17, 15) is 14.4 Å². The van der Waals surface area contributed by atoms with Gasteiger partial charge < -0.3 is 20.1 Å². The van der Waals surface area contributed by atoms with Crippen LogP contribution in [0.1, 0.15) is 15.9 Å². The summed E-state index contributed by atoms with van der Waals surface area (Å²) in [7, 11) is 1.52. The van der Waals surface area contributed by atoms with E-state index in [1.807, 2.05) is 6.07 Å². The summed E-state index contributed by atoms with van der Waals surface area (Å²) in [5.41, 5.74) is 1.21. The molecular formula is C19H17N3O5. The number of nitriles is 1. The molecule has 0 aliphatic carbocycles. The van der Waals surface area contributed by atoms with E-state index in [0.717, 1.165) is 0 Å². The summed E-state index contributed by atoms with van der Waals surface area (Å²) in [6, 6.07) is 14.6. The van der Waals surface area contributed by atoms with Gasteiger partial charge in [0.1, 0.15) is 11.8 Å². The zero-order valence-corrected chi connectivity index (χ0v) is 14.5. The van der Waals surface area contributed by atoms with E-state index >= 15 is 0 Å². The second-order valence-electron chi connectivity index (χ2n) is 5.26. The van der Waals surface area contributed by atoms with Crippen LogP contribution in [-0.2, 0) is 14.3 Å². The molecule has 0 aliphatic rings. The molecule has 2 amide bonds. The van der Waals surface area contributed by atoms with Crippen LogP contribution in [-0.4, -0.2) is 38.0 Å². The zero-order valence-electron chi connectivity index (χ0n) is 14.5. The zero-order chi connectivity index (χ0) is 19.6. The first-order valence-electron chi connectivity index (χ1n) is 7.93.